The van der Waals surface area contributed by atoms with Crippen molar-refractivity contribution < 1.29 is 14.3 Å². The van der Waals surface area contributed by atoms with Gasteiger partial charge in [0, 0.05) is 34.8 Å². The summed E-state index contributed by atoms with van der Waals surface area (Å²) >= 11 is 12.1. The molecule has 0 saturated heterocycles. The van der Waals surface area contributed by atoms with E-state index in [0.29, 0.717) is 34.3 Å². The Kier molecular flexibility index (Phi) is 7.75. The summed E-state index contributed by atoms with van der Waals surface area (Å²) in [6.07, 6.45) is 3.97. The van der Waals surface area contributed by atoms with Gasteiger partial charge in [0.15, 0.2) is 0 Å². The van der Waals surface area contributed by atoms with Gasteiger partial charge in [0.1, 0.15) is 11.4 Å². The maximum atomic E-state index is 13.1. The number of methoxy groups -OCH3 is 1. The van der Waals surface area contributed by atoms with Crippen LogP contribution in [0.2, 0.25) is 10.0 Å². The molecule has 4 rings (SSSR count). The Balaban J connectivity index is 1.57. The molecule has 8 heteroatoms. The molecule has 0 fully saturated rings. The van der Waals surface area contributed by atoms with E-state index in [2.05, 4.69) is 15.6 Å². The van der Waals surface area contributed by atoms with Gasteiger partial charge in [-0.05, 0) is 60.5 Å². The number of hydrogen-bond donors (Lipinski definition) is 3. The van der Waals surface area contributed by atoms with Gasteiger partial charge in [-0.25, -0.2) is 0 Å². The fraction of sp³-hybridized carbons (Fsp3) is 0.111. The predicted octanol–water partition coefficient (Wildman–Crippen LogP) is 5.61. The highest BCUT2D eigenvalue weighted by molar-refractivity contribution is 6.42. The van der Waals surface area contributed by atoms with Crippen LogP contribution >= 0.6 is 23.2 Å². The maximum Gasteiger partial charge on any atom is 0.267 e. The van der Waals surface area contributed by atoms with Gasteiger partial charge in [-0.1, -0.05) is 47.5 Å². The molecular weight excluding hydrogens is 485 g/mol. The lowest BCUT2D eigenvalue weighted by Crippen LogP contribution is -2.35. The number of fused-ring (bicyclic) bond motifs is 1. The molecule has 1 aromatic heterocycles. The van der Waals surface area contributed by atoms with Gasteiger partial charge >= 0.3 is 0 Å². The van der Waals surface area contributed by atoms with Gasteiger partial charge in [-0.2, -0.15) is 0 Å². The summed E-state index contributed by atoms with van der Waals surface area (Å²) in [6, 6.07) is 19.7. The van der Waals surface area contributed by atoms with Gasteiger partial charge in [0.05, 0.1) is 17.2 Å². The third kappa shape index (κ3) is 6.04. The number of hydrogen-bond acceptors (Lipinski definition) is 3. The van der Waals surface area contributed by atoms with Crippen molar-refractivity contribution in [3.05, 3.63) is 105 Å². The number of aromatic nitrogens is 1. The van der Waals surface area contributed by atoms with E-state index in [0.717, 1.165) is 22.0 Å². The van der Waals surface area contributed by atoms with E-state index >= 15 is 0 Å². The van der Waals surface area contributed by atoms with Gasteiger partial charge in [0.25, 0.3) is 11.8 Å². The molecule has 0 aliphatic carbocycles. The molecule has 0 radical (unpaired) electrons. The van der Waals surface area contributed by atoms with Crippen LogP contribution < -0.4 is 15.4 Å². The van der Waals surface area contributed by atoms with Gasteiger partial charge in [-0.15, -0.1) is 0 Å². The number of H-pyrrole nitrogens is 1. The highest BCUT2D eigenvalue weighted by Gasteiger charge is 2.16. The van der Waals surface area contributed by atoms with E-state index in [1.807, 2.05) is 30.3 Å². The molecule has 0 aliphatic rings. The zero-order valence-corrected chi connectivity index (χ0v) is 20.4. The van der Waals surface area contributed by atoms with Crippen molar-refractivity contribution in [2.24, 2.45) is 0 Å². The molecule has 178 valence electrons. The number of carbonyl (C=O) groups excluding carboxylic acids is 2. The van der Waals surface area contributed by atoms with E-state index < -0.39 is 5.91 Å². The summed E-state index contributed by atoms with van der Waals surface area (Å²) in [5.74, 6) is -0.104. The maximum absolute atomic E-state index is 13.1. The Morgan fingerprint density at radius 3 is 2.54 bits per heavy atom. The van der Waals surface area contributed by atoms with Crippen LogP contribution in [0.5, 0.6) is 5.75 Å². The quantitative estimate of drug-likeness (QED) is 0.271. The minimum Gasteiger partial charge on any atom is -0.497 e. The van der Waals surface area contributed by atoms with E-state index in [9.17, 15) is 9.59 Å². The number of ether oxygens (including phenoxy) is 1. The van der Waals surface area contributed by atoms with Crippen molar-refractivity contribution in [1.82, 2.24) is 15.6 Å². The number of amides is 2. The largest absolute Gasteiger partial charge is 0.497 e. The van der Waals surface area contributed by atoms with Gasteiger partial charge in [-0.3, -0.25) is 9.59 Å². The summed E-state index contributed by atoms with van der Waals surface area (Å²) in [5.41, 5.74) is 3.12. The van der Waals surface area contributed by atoms with E-state index in [4.69, 9.17) is 27.9 Å². The first-order valence-electron chi connectivity index (χ1n) is 10.9. The standard InChI is InChI=1S/C27H23Cl2N3O3/c1-35-20-8-10-24-21(15-20)19(16-31-24)14-25(32-26(33)18-5-3-2-4-6-18)27(34)30-12-11-17-7-9-22(28)23(29)13-17/h2-10,13-16,31H,11-12H2,1H3,(H,30,34)(H,32,33)/b25-14-. The zero-order chi connectivity index (χ0) is 24.8. The summed E-state index contributed by atoms with van der Waals surface area (Å²) < 4.78 is 5.33. The monoisotopic (exact) mass is 507 g/mol. The lowest BCUT2D eigenvalue weighted by Gasteiger charge is -2.11. The lowest BCUT2D eigenvalue weighted by molar-refractivity contribution is -0.117. The number of nitrogens with one attached hydrogen (secondary N) is 3. The van der Waals surface area contributed by atoms with Crippen molar-refractivity contribution >= 4 is 52.0 Å². The van der Waals surface area contributed by atoms with Crippen LogP contribution in [0.15, 0.2) is 78.6 Å². The molecule has 1 heterocycles. The Hall–Kier alpha value is -3.74. The number of rotatable bonds is 8. The molecule has 0 spiro atoms. The third-order valence-corrected chi connectivity index (χ3v) is 6.17. The summed E-state index contributed by atoms with van der Waals surface area (Å²) in [5, 5.41) is 7.42. The molecule has 4 aromatic rings. The second-order valence-corrected chi connectivity index (χ2v) is 8.60. The number of carbonyl (C=O) groups is 2. The van der Waals surface area contributed by atoms with Crippen LogP contribution in [-0.4, -0.2) is 30.5 Å². The molecule has 0 unspecified atom stereocenters. The van der Waals surface area contributed by atoms with Crippen LogP contribution in [0.25, 0.3) is 17.0 Å². The van der Waals surface area contributed by atoms with Crippen molar-refractivity contribution in [2.75, 3.05) is 13.7 Å². The topological polar surface area (TPSA) is 83.2 Å². The molecule has 35 heavy (non-hydrogen) atoms. The number of halogens is 2. The Labute approximate surface area is 212 Å². The number of benzene rings is 3. The van der Waals surface area contributed by atoms with Crippen molar-refractivity contribution in [3.8, 4) is 5.75 Å². The molecule has 0 atom stereocenters. The number of aromatic amines is 1. The minimum atomic E-state index is -0.411. The molecule has 2 amide bonds. The van der Waals surface area contributed by atoms with E-state index in [1.54, 1.807) is 55.8 Å². The highest BCUT2D eigenvalue weighted by atomic mass is 35.5. The fourth-order valence-corrected chi connectivity index (χ4v) is 3.90. The average molecular weight is 508 g/mol. The molecule has 0 bridgehead atoms. The summed E-state index contributed by atoms with van der Waals surface area (Å²) in [6.45, 7) is 0.344. The van der Waals surface area contributed by atoms with Crippen LogP contribution in [0.3, 0.4) is 0 Å². The average Bonchev–Trinajstić information content (AvgIpc) is 3.28. The van der Waals surface area contributed by atoms with Crippen molar-refractivity contribution in [3.63, 3.8) is 0 Å². The molecule has 3 aromatic carbocycles. The van der Waals surface area contributed by atoms with Crippen LogP contribution in [0.1, 0.15) is 21.5 Å². The van der Waals surface area contributed by atoms with Crippen LogP contribution in [0, 0.1) is 0 Å². The molecule has 6 nitrogen and oxygen atoms in total. The summed E-state index contributed by atoms with van der Waals surface area (Å²) in [7, 11) is 1.59. The normalized spacial score (nSPS) is 11.3. The molecular formula is C27H23Cl2N3O3. The van der Waals surface area contributed by atoms with Crippen molar-refractivity contribution in [2.45, 2.75) is 6.42 Å². The minimum absolute atomic E-state index is 0.122. The molecule has 0 aliphatic heterocycles. The Morgan fingerprint density at radius 1 is 1.00 bits per heavy atom. The van der Waals surface area contributed by atoms with Gasteiger partial charge in [0.2, 0.25) is 0 Å². The van der Waals surface area contributed by atoms with Crippen LogP contribution in [0.4, 0.5) is 0 Å². The lowest BCUT2D eigenvalue weighted by atomic mass is 10.1. The summed E-state index contributed by atoms with van der Waals surface area (Å²) in [4.78, 5) is 29.1. The first-order valence-corrected chi connectivity index (χ1v) is 11.7. The van der Waals surface area contributed by atoms with Crippen LogP contribution in [-0.2, 0) is 11.2 Å². The Bertz CT molecular complexity index is 1400. The highest BCUT2D eigenvalue weighted by Crippen LogP contribution is 2.25. The van der Waals surface area contributed by atoms with E-state index in [1.165, 1.54) is 0 Å². The smallest absolute Gasteiger partial charge is 0.267 e. The first kappa shape index (κ1) is 24.4. The van der Waals surface area contributed by atoms with E-state index in [-0.39, 0.29) is 11.6 Å². The van der Waals surface area contributed by atoms with Gasteiger partial charge < -0.3 is 20.4 Å². The Morgan fingerprint density at radius 2 is 1.80 bits per heavy atom. The predicted molar refractivity (Wildman–Crippen MR) is 140 cm³/mol. The SMILES string of the molecule is COc1ccc2[nH]cc(/C=C(\NC(=O)c3ccccc3)C(=O)NCCc3ccc(Cl)c(Cl)c3)c2c1. The third-order valence-electron chi connectivity index (χ3n) is 5.43. The van der Waals surface area contributed by atoms with Crippen molar-refractivity contribution in [1.29, 1.82) is 0 Å². The fourth-order valence-electron chi connectivity index (χ4n) is 3.58. The second-order valence-electron chi connectivity index (χ2n) is 7.79. The first-order chi connectivity index (χ1) is 16.9. The zero-order valence-electron chi connectivity index (χ0n) is 18.9. The molecule has 0 saturated carbocycles. The molecule has 3 N–H and O–H groups in total. The second kappa shape index (κ2) is 11.1.